The fourth-order valence-electron chi connectivity index (χ4n) is 7.17. The number of rotatable bonds is 9. The van der Waals surface area contributed by atoms with Gasteiger partial charge in [-0.15, -0.1) is 0 Å². The molecular formula is C28H50O2. The fraction of sp³-hybridized carbons (Fsp3) is 0.964. The van der Waals surface area contributed by atoms with E-state index in [1.165, 1.54) is 96.3 Å². The van der Waals surface area contributed by atoms with Crippen LogP contribution in [0.2, 0.25) is 0 Å². The number of unbranched alkanes of at least 4 members (excludes halogenated alkanes) is 2. The highest BCUT2D eigenvalue weighted by molar-refractivity contribution is 5.76. The summed E-state index contributed by atoms with van der Waals surface area (Å²) in [5, 5.41) is 0. The highest BCUT2D eigenvalue weighted by atomic mass is 16.5. The highest BCUT2D eigenvalue weighted by Gasteiger charge is 2.44. The first-order chi connectivity index (χ1) is 14.6. The van der Waals surface area contributed by atoms with E-state index >= 15 is 0 Å². The molecule has 0 atom stereocenters. The Morgan fingerprint density at radius 2 is 1.37 bits per heavy atom. The molecule has 0 bridgehead atoms. The topological polar surface area (TPSA) is 26.3 Å². The molecule has 3 fully saturated rings. The van der Waals surface area contributed by atoms with Crippen LogP contribution in [0, 0.1) is 35.0 Å². The molecule has 174 valence electrons. The summed E-state index contributed by atoms with van der Waals surface area (Å²) in [5.74, 6) is 4.67. The Morgan fingerprint density at radius 1 is 0.800 bits per heavy atom. The molecule has 0 unspecified atom stereocenters. The first-order valence-electron chi connectivity index (χ1n) is 13.6. The molecule has 30 heavy (non-hydrogen) atoms. The van der Waals surface area contributed by atoms with Gasteiger partial charge >= 0.3 is 5.97 Å². The maximum atomic E-state index is 12.9. The van der Waals surface area contributed by atoms with Gasteiger partial charge in [0.15, 0.2) is 0 Å². The Morgan fingerprint density at radius 3 is 1.93 bits per heavy atom. The maximum absolute atomic E-state index is 12.9. The van der Waals surface area contributed by atoms with Crippen LogP contribution in [0.3, 0.4) is 0 Å². The highest BCUT2D eigenvalue weighted by Crippen LogP contribution is 2.49. The van der Waals surface area contributed by atoms with Gasteiger partial charge < -0.3 is 4.74 Å². The van der Waals surface area contributed by atoms with Crippen molar-refractivity contribution in [2.45, 2.75) is 129 Å². The predicted molar refractivity (Wildman–Crippen MR) is 126 cm³/mol. The van der Waals surface area contributed by atoms with Crippen molar-refractivity contribution in [1.29, 1.82) is 0 Å². The molecule has 0 radical (unpaired) electrons. The molecule has 0 aromatic heterocycles. The van der Waals surface area contributed by atoms with Crippen LogP contribution in [0.15, 0.2) is 0 Å². The van der Waals surface area contributed by atoms with Gasteiger partial charge in [0.1, 0.15) is 0 Å². The van der Waals surface area contributed by atoms with Crippen molar-refractivity contribution in [3.63, 3.8) is 0 Å². The van der Waals surface area contributed by atoms with Crippen LogP contribution >= 0.6 is 0 Å². The van der Waals surface area contributed by atoms with Crippen LogP contribution in [0.1, 0.15) is 129 Å². The number of carbonyl (C=O) groups is 1. The Hall–Kier alpha value is -0.530. The molecule has 0 aromatic carbocycles. The van der Waals surface area contributed by atoms with Gasteiger partial charge in [-0.2, -0.15) is 0 Å². The Labute approximate surface area is 187 Å². The zero-order valence-corrected chi connectivity index (χ0v) is 20.4. The van der Waals surface area contributed by atoms with Gasteiger partial charge in [0, 0.05) is 0 Å². The van der Waals surface area contributed by atoms with Crippen LogP contribution in [-0.4, -0.2) is 13.1 Å². The molecule has 3 aliphatic rings. The normalized spacial score (nSPS) is 37.6. The summed E-state index contributed by atoms with van der Waals surface area (Å²) in [7, 11) is 1.61. The minimum absolute atomic E-state index is 0.103. The van der Waals surface area contributed by atoms with Crippen molar-refractivity contribution in [1.82, 2.24) is 0 Å². The summed E-state index contributed by atoms with van der Waals surface area (Å²) in [6, 6.07) is 0. The molecule has 3 rings (SSSR count). The average Bonchev–Trinajstić information content (AvgIpc) is 2.79. The predicted octanol–water partition coefficient (Wildman–Crippen LogP) is 8.33. The quantitative estimate of drug-likeness (QED) is 0.278. The maximum Gasteiger partial charge on any atom is 0.311 e. The molecule has 0 heterocycles. The minimum atomic E-state index is -0.162. The van der Waals surface area contributed by atoms with Crippen LogP contribution in [0.5, 0.6) is 0 Å². The molecule has 0 aromatic rings. The van der Waals surface area contributed by atoms with E-state index in [0.717, 1.165) is 48.9 Å². The number of carbonyl (C=O) groups excluding carboxylic acids is 1. The second kappa shape index (κ2) is 11.9. The van der Waals surface area contributed by atoms with E-state index in [1.807, 2.05) is 0 Å². The van der Waals surface area contributed by atoms with Crippen molar-refractivity contribution in [2.75, 3.05) is 7.11 Å². The second-order valence-electron chi connectivity index (χ2n) is 11.6. The monoisotopic (exact) mass is 418 g/mol. The molecular weight excluding hydrogens is 368 g/mol. The molecule has 0 amide bonds. The molecule has 0 N–H and O–H groups in total. The number of ether oxygens (including phenoxy) is 1. The molecule has 3 saturated carbocycles. The third-order valence-corrected chi connectivity index (χ3v) is 9.55. The van der Waals surface area contributed by atoms with Crippen molar-refractivity contribution in [2.24, 2.45) is 35.0 Å². The zero-order valence-electron chi connectivity index (χ0n) is 20.4. The summed E-state index contributed by atoms with van der Waals surface area (Å²) >= 11 is 0. The number of hydrogen-bond donors (Lipinski definition) is 0. The third-order valence-electron chi connectivity index (χ3n) is 9.55. The number of hydrogen-bond acceptors (Lipinski definition) is 2. The summed E-state index contributed by atoms with van der Waals surface area (Å²) in [6.45, 7) is 4.72. The lowest BCUT2D eigenvalue weighted by molar-refractivity contribution is -0.157. The van der Waals surface area contributed by atoms with E-state index in [1.54, 1.807) is 7.11 Å². The van der Waals surface area contributed by atoms with Crippen LogP contribution in [0.25, 0.3) is 0 Å². The summed E-state index contributed by atoms with van der Waals surface area (Å²) in [5.41, 5.74) is -0.162. The van der Waals surface area contributed by atoms with E-state index < -0.39 is 0 Å². The smallest absolute Gasteiger partial charge is 0.311 e. The minimum Gasteiger partial charge on any atom is -0.469 e. The molecule has 2 nitrogen and oxygen atoms in total. The van der Waals surface area contributed by atoms with Gasteiger partial charge in [0.2, 0.25) is 0 Å². The van der Waals surface area contributed by atoms with E-state index in [-0.39, 0.29) is 11.4 Å². The number of methoxy groups -OCH3 is 1. The van der Waals surface area contributed by atoms with Gasteiger partial charge in [0.05, 0.1) is 12.5 Å². The van der Waals surface area contributed by atoms with Gasteiger partial charge in [-0.25, -0.2) is 0 Å². The molecule has 0 spiro atoms. The van der Waals surface area contributed by atoms with Gasteiger partial charge in [-0.05, 0) is 81.0 Å². The Bertz CT molecular complexity index is 489. The molecule has 2 heteroatoms. The lowest BCUT2D eigenvalue weighted by Gasteiger charge is -2.42. The summed E-state index contributed by atoms with van der Waals surface area (Å²) in [6.07, 6.45) is 24.0. The van der Waals surface area contributed by atoms with E-state index in [0.29, 0.717) is 0 Å². The summed E-state index contributed by atoms with van der Waals surface area (Å²) in [4.78, 5) is 12.9. The van der Waals surface area contributed by atoms with Crippen molar-refractivity contribution in [3.8, 4) is 0 Å². The van der Waals surface area contributed by atoms with Crippen LogP contribution in [0.4, 0.5) is 0 Å². The molecule has 3 aliphatic carbocycles. The van der Waals surface area contributed by atoms with Gasteiger partial charge in [0.25, 0.3) is 0 Å². The van der Waals surface area contributed by atoms with Crippen LogP contribution in [-0.2, 0) is 9.53 Å². The average molecular weight is 419 g/mol. The van der Waals surface area contributed by atoms with Crippen LogP contribution < -0.4 is 0 Å². The molecule has 0 aliphatic heterocycles. The van der Waals surface area contributed by atoms with Crippen molar-refractivity contribution in [3.05, 3.63) is 0 Å². The zero-order chi connectivity index (χ0) is 21.4. The van der Waals surface area contributed by atoms with Crippen molar-refractivity contribution >= 4 is 5.97 Å². The lowest BCUT2D eigenvalue weighted by atomic mass is 9.62. The van der Waals surface area contributed by atoms with Crippen molar-refractivity contribution < 1.29 is 9.53 Å². The largest absolute Gasteiger partial charge is 0.469 e. The SMILES string of the molecule is CCCCC[C@H]1CC[C@H](CCC2(C(=O)OC)CCC(C3CCC(C)CC3)CC2)CC1. The van der Waals surface area contributed by atoms with E-state index in [4.69, 9.17) is 4.74 Å². The lowest BCUT2D eigenvalue weighted by Crippen LogP contribution is -2.38. The number of esters is 1. The Balaban J connectivity index is 1.45. The molecule has 0 saturated heterocycles. The fourth-order valence-corrected chi connectivity index (χ4v) is 7.17. The standard InChI is InChI=1S/C28H50O2/c1-4-5-6-7-23-10-12-24(13-11-23)16-19-28(27(29)30-3)20-17-26(18-21-28)25-14-8-22(2)9-15-25/h22-26H,4-21H2,1-3H3/t22?,23-,24-,25?,26?,28?. The first kappa shape index (κ1) is 24.1. The van der Waals surface area contributed by atoms with E-state index in [2.05, 4.69) is 13.8 Å². The summed E-state index contributed by atoms with van der Waals surface area (Å²) < 4.78 is 5.36. The first-order valence-corrected chi connectivity index (χ1v) is 13.6. The van der Waals surface area contributed by atoms with Gasteiger partial charge in [-0.3, -0.25) is 4.79 Å². The third kappa shape index (κ3) is 6.49. The van der Waals surface area contributed by atoms with E-state index in [9.17, 15) is 4.79 Å². The Kier molecular flexibility index (Phi) is 9.58. The van der Waals surface area contributed by atoms with Gasteiger partial charge in [-0.1, -0.05) is 78.1 Å². The second-order valence-corrected chi connectivity index (χ2v) is 11.6.